The first-order chi connectivity index (χ1) is 8.72. The van der Waals surface area contributed by atoms with Gasteiger partial charge in [0, 0.05) is 12.4 Å². The monoisotopic (exact) mass is 241 g/mol. The fourth-order valence-electron chi connectivity index (χ4n) is 2.01. The van der Waals surface area contributed by atoms with E-state index in [1.807, 2.05) is 19.3 Å². The molecule has 94 valence electrons. The lowest BCUT2D eigenvalue weighted by Gasteiger charge is -2.18. The highest BCUT2D eigenvalue weighted by Crippen LogP contribution is 2.21. The van der Waals surface area contributed by atoms with Crippen LogP contribution < -0.4 is 5.32 Å². The maximum Gasteiger partial charge on any atom is 0.149 e. The molecule has 3 heteroatoms. The number of aromatic nitrogens is 2. The zero-order valence-corrected chi connectivity index (χ0v) is 11.1. The third-order valence-corrected chi connectivity index (χ3v) is 2.97. The Hall–Kier alpha value is -1.74. The summed E-state index contributed by atoms with van der Waals surface area (Å²) in [6, 6.07) is 8.43. The fraction of sp³-hybridized carbons (Fsp3) is 0.333. The van der Waals surface area contributed by atoms with Crippen LogP contribution >= 0.6 is 0 Å². The molecule has 0 bridgehead atoms. The summed E-state index contributed by atoms with van der Waals surface area (Å²) < 4.78 is 0. The van der Waals surface area contributed by atoms with E-state index in [1.54, 1.807) is 0 Å². The van der Waals surface area contributed by atoms with Gasteiger partial charge in [0.25, 0.3) is 0 Å². The third-order valence-electron chi connectivity index (χ3n) is 2.97. The normalized spacial score (nSPS) is 12.4. The maximum atomic E-state index is 4.44. The van der Waals surface area contributed by atoms with Gasteiger partial charge >= 0.3 is 0 Å². The van der Waals surface area contributed by atoms with Gasteiger partial charge in [-0.15, -0.1) is 0 Å². The van der Waals surface area contributed by atoms with Crippen molar-refractivity contribution in [2.24, 2.45) is 0 Å². The smallest absolute Gasteiger partial charge is 0.149 e. The highest BCUT2D eigenvalue weighted by Gasteiger charge is 2.17. The van der Waals surface area contributed by atoms with E-state index in [4.69, 9.17) is 0 Å². The van der Waals surface area contributed by atoms with Crippen LogP contribution in [0.1, 0.15) is 35.5 Å². The molecule has 0 aliphatic heterocycles. The summed E-state index contributed by atoms with van der Waals surface area (Å²) in [6.07, 6.45) is 3.73. The molecule has 1 N–H and O–H groups in total. The first-order valence-electron chi connectivity index (χ1n) is 6.29. The topological polar surface area (TPSA) is 37.8 Å². The van der Waals surface area contributed by atoms with Crippen molar-refractivity contribution in [1.29, 1.82) is 0 Å². The van der Waals surface area contributed by atoms with Gasteiger partial charge in [0.05, 0.1) is 6.04 Å². The molecule has 0 saturated carbocycles. The number of nitrogens with zero attached hydrogens (tertiary/aromatic N) is 2. The predicted octanol–water partition coefficient (Wildman–Crippen LogP) is 2.79. The molecule has 0 saturated heterocycles. The Morgan fingerprint density at radius 1 is 1.11 bits per heavy atom. The minimum atomic E-state index is 0.0665. The average molecular weight is 241 g/mol. The lowest BCUT2D eigenvalue weighted by Crippen LogP contribution is -2.24. The molecule has 1 aromatic heterocycles. The van der Waals surface area contributed by atoms with Gasteiger partial charge in [-0.1, -0.05) is 31.2 Å². The van der Waals surface area contributed by atoms with Gasteiger partial charge in [0.1, 0.15) is 5.82 Å². The summed E-state index contributed by atoms with van der Waals surface area (Å²) in [4.78, 5) is 8.88. The summed E-state index contributed by atoms with van der Waals surface area (Å²) in [6.45, 7) is 7.10. The highest BCUT2D eigenvalue weighted by atomic mass is 15.0. The number of hydrogen-bond donors (Lipinski definition) is 1. The van der Waals surface area contributed by atoms with E-state index in [-0.39, 0.29) is 6.04 Å². The van der Waals surface area contributed by atoms with Crippen LogP contribution in [0.5, 0.6) is 0 Å². The number of rotatable bonds is 4. The Kier molecular flexibility index (Phi) is 4.05. The van der Waals surface area contributed by atoms with Crippen LogP contribution in [0, 0.1) is 13.8 Å². The number of nitrogens with one attached hydrogen (secondary N) is 1. The Labute approximate surface area is 108 Å². The van der Waals surface area contributed by atoms with Crippen molar-refractivity contribution < 1.29 is 0 Å². The minimum Gasteiger partial charge on any atom is -0.304 e. The molecule has 0 fully saturated rings. The minimum absolute atomic E-state index is 0.0665. The number of aryl methyl sites for hydroxylation is 2. The molecule has 0 spiro atoms. The molecule has 1 atom stereocenters. The van der Waals surface area contributed by atoms with E-state index in [1.165, 1.54) is 11.1 Å². The number of benzene rings is 1. The molecule has 0 amide bonds. The molecule has 2 rings (SSSR count). The second kappa shape index (κ2) is 5.74. The maximum absolute atomic E-state index is 4.44. The van der Waals surface area contributed by atoms with Gasteiger partial charge in [0.2, 0.25) is 0 Å². The van der Waals surface area contributed by atoms with Crippen molar-refractivity contribution in [3.05, 3.63) is 59.2 Å². The Bertz CT molecular complexity index is 505. The van der Waals surface area contributed by atoms with Gasteiger partial charge in [-0.2, -0.15) is 0 Å². The fourth-order valence-corrected chi connectivity index (χ4v) is 2.01. The first kappa shape index (κ1) is 12.7. The molecule has 1 unspecified atom stereocenters. The highest BCUT2D eigenvalue weighted by molar-refractivity contribution is 5.32. The quantitative estimate of drug-likeness (QED) is 0.894. The van der Waals surface area contributed by atoms with E-state index in [0.717, 1.165) is 17.9 Å². The van der Waals surface area contributed by atoms with Crippen molar-refractivity contribution in [1.82, 2.24) is 15.3 Å². The van der Waals surface area contributed by atoms with Crippen LogP contribution in [-0.2, 0) is 0 Å². The van der Waals surface area contributed by atoms with Gasteiger partial charge in [0.15, 0.2) is 0 Å². The molecule has 1 heterocycles. The van der Waals surface area contributed by atoms with E-state index in [2.05, 4.69) is 53.4 Å². The molecule has 0 aliphatic carbocycles. The van der Waals surface area contributed by atoms with E-state index in [0.29, 0.717) is 0 Å². The van der Waals surface area contributed by atoms with Crippen LogP contribution in [-0.4, -0.2) is 16.5 Å². The van der Waals surface area contributed by atoms with Gasteiger partial charge in [-0.25, -0.2) is 9.97 Å². The standard InChI is InChI=1S/C15H19N3/c1-4-16-14(13-8-6-5-7-12(13)3)15-17-9-11(2)10-18-15/h5-10,14,16H,4H2,1-3H3. The SMILES string of the molecule is CCNC(c1ncc(C)cn1)c1ccccc1C. The van der Waals surface area contributed by atoms with Gasteiger partial charge < -0.3 is 5.32 Å². The second-order valence-corrected chi connectivity index (χ2v) is 4.47. The lowest BCUT2D eigenvalue weighted by molar-refractivity contribution is 0.594. The lowest BCUT2D eigenvalue weighted by atomic mass is 10.0. The molecule has 18 heavy (non-hydrogen) atoms. The van der Waals surface area contributed by atoms with E-state index < -0.39 is 0 Å². The molecule has 3 nitrogen and oxygen atoms in total. The zero-order valence-electron chi connectivity index (χ0n) is 11.1. The zero-order chi connectivity index (χ0) is 13.0. The summed E-state index contributed by atoms with van der Waals surface area (Å²) in [5, 5.41) is 3.45. The third kappa shape index (κ3) is 2.74. The van der Waals surface area contributed by atoms with Crippen LogP contribution in [0.4, 0.5) is 0 Å². The van der Waals surface area contributed by atoms with Crippen molar-refractivity contribution in [2.45, 2.75) is 26.8 Å². The molecule has 0 radical (unpaired) electrons. The van der Waals surface area contributed by atoms with Crippen molar-refractivity contribution in [2.75, 3.05) is 6.54 Å². The van der Waals surface area contributed by atoms with Crippen LogP contribution in [0.2, 0.25) is 0 Å². The average Bonchev–Trinajstić information content (AvgIpc) is 2.38. The Balaban J connectivity index is 2.40. The van der Waals surface area contributed by atoms with Crippen molar-refractivity contribution in [3.63, 3.8) is 0 Å². The van der Waals surface area contributed by atoms with Gasteiger partial charge in [-0.3, -0.25) is 0 Å². The van der Waals surface area contributed by atoms with Gasteiger partial charge in [-0.05, 0) is 37.1 Å². The van der Waals surface area contributed by atoms with E-state index >= 15 is 0 Å². The molecule has 2 aromatic rings. The van der Waals surface area contributed by atoms with Crippen LogP contribution in [0.3, 0.4) is 0 Å². The molecule has 0 aliphatic rings. The second-order valence-electron chi connectivity index (χ2n) is 4.47. The Morgan fingerprint density at radius 3 is 2.39 bits per heavy atom. The first-order valence-corrected chi connectivity index (χ1v) is 6.29. The predicted molar refractivity (Wildman–Crippen MR) is 73.5 cm³/mol. The summed E-state index contributed by atoms with van der Waals surface area (Å²) in [5.74, 6) is 0.830. The van der Waals surface area contributed by atoms with Crippen LogP contribution in [0.15, 0.2) is 36.7 Å². The summed E-state index contributed by atoms with van der Waals surface area (Å²) in [7, 11) is 0. The molecular formula is C15H19N3. The van der Waals surface area contributed by atoms with Crippen LogP contribution in [0.25, 0.3) is 0 Å². The summed E-state index contributed by atoms with van der Waals surface area (Å²) >= 11 is 0. The van der Waals surface area contributed by atoms with Crippen molar-refractivity contribution >= 4 is 0 Å². The largest absolute Gasteiger partial charge is 0.304 e. The number of hydrogen-bond acceptors (Lipinski definition) is 3. The molecule has 1 aromatic carbocycles. The molecular weight excluding hydrogens is 222 g/mol. The summed E-state index contributed by atoms with van der Waals surface area (Å²) in [5.41, 5.74) is 3.58. The Morgan fingerprint density at radius 2 is 1.78 bits per heavy atom. The van der Waals surface area contributed by atoms with E-state index in [9.17, 15) is 0 Å². The van der Waals surface area contributed by atoms with Crippen molar-refractivity contribution in [3.8, 4) is 0 Å².